The van der Waals surface area contributed by atoms with E-state index < -0.39 is 11.6 Å². The Morgan fingerprint density at radius 3 is 2.55 bits per heavy atom. The van der Waals surface area contributed by atoms with E-state index in [1.54, 1.807) is 6.07 Å². The van der Waals surface area contributed by atoms with Gasteiger partial charge in [-0.25, -0.2) is 4.39 Å². The van der Waals surface area contributed by atoms with Crippen molar-refractivity contribution in [2.45, 2.75) is 76.7 Å². The third-order valence-electron chi connectivity index (χ3n) is 5.26. The van der Waals surface area contributed by atoms with Crippen molar-refractivity contribution in [3.8, 4) is 5.75 Å². The Morgan fingerprint density at radius 2 is 1.73 bits per heavy atom. The average Bonchev–Trinajstić information content (AvgIpc) is 2.56. The molecule has 1 aromatic rings. The lowest BCUT2D eigenvalue weighted by molar-refractivity contribution is 0.149. The van der Waals surface area contributed by atoms with Crippen LogP contribution in [0.25, 0.3) is 0 Å². The SMILES string of the molecule is Fc1ccc2c(c1F)OC(CCCCC1CCCCC1)CC2. The standard InChI is InChI=1S/C19H26F2O/c20-17-13-11-15-10-12-16(22-19(15)18(17)21)9-5-4-8-14-6-2-1-3-7-14/h11,13-14,16H,1-10,12H2. The molecule has 1 atom stereocenters. The molecule has 1 unspecified atom stereocenters. The van der Waals surface area contributed by atoms with Gasteiger partial charge in [0.15, 0.2) is 11.6 Å². The van der Waals surface area contributed by atoms with Crippen LogP contribution in [0.2, 0.25) is 0 Å². The van der Waals surface area contributed by atoms with Gasteiger partial charge in [-0.1, -0.05) is 51.0 Å². The van der Waals surface area contributed by atoms with Crippen molar-refractivity contribution in [3.05, 3.63) is 29.3 Å². The van der Waals surface area contributed by atoms with E-state index >= 15 is 0 Å². The zero-order chi connectivity index (χ0) is 15.4. The van der Waals surface area contributed by atoms with Gasteiger partial charge in [0.2, 0.25) is 5.82 Å². The third kappa shape index (κ3) is 3.80. The predicted molar refractivity (Wildman–Crippen MR) is 84.1 cm³/mol. The van der Waals surface area contributed by atoms with Gasteiger partial charge in [-0.05, 0) is 43.2 Å². The van der Waals surface area contributed by atoms with Gasteiger partial charge in [-0.2, -0.15) is 4.39 Å². The second-order valence-electron chi connectivity index (χ2n) is 6.92. The van der Waals surface area contributed by atoms with Crippen molar-refractivity contribution in [2.24, 2.45) is 5.92 Å². The fraction of sp³-hybridized carbons (Fsp3) is 0.684. The van der Waals surface area contributed by atoms with Crippen LogP contribution < -0.4 is 4.74 Å². The summed E-state index contributed by atoms with van der Waals surface area (Å²) in [7, 11) is 0. The molecule has 1 fully saturated rings. The summed E-state index contributed by atoms with van der Waals surface area (Å²) in [6.45, 7) is 0. The lowest BCUT2D eigenvalue weighted by atomic mass is 9.85. The molecule has 3 heteroatoms. The maximum Gasteiger partial charge on any atom is 0.200 e. The van der Waals surface area contributed by atoms with Crippen LogP contribution in [0.3, 0.4) is 0 Å². The summed E-state index contributed by atoms with van der Waals surface area (Å²) in [5, 5.41) is 0. The fourth-order valence-electron chi connectivity index (χ4n) is 3.92. The normalized spacial score (nSPS) is 22.2. The highest BCUT2D eigenvalue weighted by Crippen LogP contribution is 2.33. The van der Waals surface area contributed by atoms with Crippen LogP contribution in [-0.2, 0) is 6.42 Å². The van der Waals surface area contributed by atoms with E-state index in [4.69, 9.17) is 4.74 Å². The summed E-state index contributed by atoms with van der Waals surface area (Å²) < 4.78 is 32.8. The van der Waals surface area contributed by atoms with E-state index in [2.05, 4.69) is 0 Å². The Hall–Kier alpha value is -1.12. The second kappa shape index (κ2) is 7.43. The molecule has 0 spiro atoms. The number of unbranched alkanes of at least 4 members (excludes halogenated alkanes) is 1. The first-order valence-corrected chi connectivity index (χ1v) is 8.87. The highest BCUT2D eigenvalue weighted by Gasteiger charge is 2.24. The topological polar surface area (TPSA) is 9.23 Å². The summed E-state index contributed by atoms with van der Waals surface area (Å²) >= 11 is 0. The van der Waals surface area contributed by atoms with Gasteiger partial charge in [0.25, 0.3) is 0 Å². The zero-order valence-corrected chi connectivity index (χ0v) is 13.3. The molecular formula is C19H26F2O. The van der Waals surface area contributed by atoms with Gasteiger partial charge in [-0.15, -0.1) is 0 Å². The molecule has 2 aliphatic rings. The Labute approximate surface area is 132 Å². The van der Waals surface area contributed by atoms with E-state index in [1.807, 2.05) is 0 Å². The summed E-state index contributed by atoms with van der Waals surface area (Å²) in [5.41, 5.74) is 0.803. The van der Waals surface area contributed by atoms with Crippen molar-refractivity contribution in [2.75, 3.05) is 0 Å². The smallest absolute Gasteiger partial charge is 0.200 e. The van der Waals surface area contributed by atoms with E-state index in [0.717, 1.165) is 37.2 Å². The van der Waals surface area contributed by atoms with Crippen LogP contribution in [0.4, 0.5) is 8.78 Å². The van der Waals surface area contributed by atoms with Gasteiger partial charge in [0, 0.05) is 0 Å². The number of fused-ring (bicyclic) bond motifs is 1. The Bertz CT molecular complexity index is 494. The molecule has 0 saturated heterocycles. The number of halogens is 2. The quantitative estimate of drug-likeness (QED) is 0.625. The molecule has 1 saturated carbocycles. The van der Waals surface area contributed by atoms with E-state index in [-0.39, 0.29) is 11.9 Å². The van der Waals surface area contributed by atoms with Crippen molar-refractivity contribution >= 4 is 0 Å². The first kappa shape index (κ1) is 15.8. The van der Waals surface area contributed by atoms with Gasteiger partial charge in [0.05, 0.1) is 6.10 Å². The highest BCUT2D eigenvalue weighted by molar-refractivity contribution is 5.37. The molecule has 0 aromatic heterocycles. The molecule has 0 N–H and O–H groups in total. The minimum Gasteiger partial charge on any atom is -0.487 e. The number of aryl methyl sites for hydroxylation is 1. The maximum absolute atomic E-state index is 13.8. The average molecular weight is 308 g/mol. The first-order chi connectivity index (χ1) is 10.7. The molecule has 1 aromatic carbocycles. The van der Waals surface area contributed by atoms with Crippen molar-refractivity contribution in [1.29, 1.82) is 0 Å². The molecule has 22 heavy (non-hydrogen) atoms. The van der Waals surface area contributed by atoms with E-state index in [9.17, 15) is 8.78 Å². The van der Waals surface area contributed by atoms with E-state index in [0.29, 0.717) is 0 Å². The molecule has 1 nitrogen and oxygen atoms in total. The van der Waals surface area contributed by atoms with Gasteiger partial charge < -0.3 is 4.74 Å². The zero-order valence-electron chi connectivity index (χ0n) is 13.3. The molecule has 0 bridgehead atoms. The van der Waals surface area contributed by atoms with E-state index in [1.165, 1.54) is 51.0 Å². The Balaban J connectivity index is 1.43. The molecule has 3 rings (SSSR count). The van der Waals surface area contributed by atoms with Crippen LogP contribution in [0.15, 0.2) is 12.1 Å². The predicted octanol–water partition coefficient (Wildman–Crippen LogP) is 5.80. The van der Waals surface area contributed by atoms with Crippen molar-refractivity contribution in [1.82, 2.24) is 0 Å². The summed E-state index contributed by atoms with van der Waals surface area (Å²) in [6, 6.07) is 2.84. The minimum absolute atomic E-state index is 0.0511. The third-order valence-corrected chi connectivity index (χ3v) is 5.26. The molecule has 1 aliphatic carbocycles. The summed E-state index contributed by atoms with van der Waals surface area (Å²) in [5.74, 6) is -0.544. The van der Waals surface area contributed by atoms with Gasteiger partial charge in [0.1, 0.15) is 0 Å². The second-order valence-corrected chi connectivity index (χ2v) is 6.92. The number of ether oxygens (including phenoxy) is 1. The summed E-state index contributed by atoms with van der Waals surface area (Å²) in [4.78, 5) is 0. The van der Waals surface area contributed by atoms with Crippen molar-refractivity contribution < 1.29 is 13.5 Å². The fourth-order valence-corrected chi connectivity index (χ4v) is 3.92. The number of rotatable bonds is 5. The molecular weight excluding hydrogens is 282 g/mol. The van der Waals surface area contributed by atoms with Crippen LogP contribution in [-0.4, -0.2) is 6.10 Å². The first-order valence-electron chi connectivity index (χ1n) is 8.87. The lowest BCUT2D eigenvalue weighted by Crippen LogP contribution is -2.23. The lowest BCUT2D eigenvalue weighted by Gasteiger charge is -2.27. The monoisotopic (exact) mass is 308 g/mol. The molecule has 0 amide bonds. The van der Waals surface area contributed by atoms with Gasteiger partial charge in [-0.3, -0.25) is 0 Å². The maximum atomic E-state index is 13.8. The minimum atomic E-state index is -0.815. The highest BCUT2D eigenvalue weighted by atomic mass is 19.2. The Morgan fingerprint density at radius 1 is 0.955 bits per heavy atom. The van der Waals surface area contributed by atoms with Crippen LogP contribution >= 0.6 is 0 Å². The largest absolute Gasteiger partial charge is 0.487 e. The van der Waals surface area contributed by atoms with Crippen LogP contribution in [0.1, 0.15) is 69.8 Å². The number of hydrogen-bond acceptors (Lipinski definition) is 1. The molecule has 1 heterocycles. The van der Waals surface area contributed by atoms with Crippen molar-refractivity contribution in [3.63, 3.8) is 0 Å². The number of benzene rings is 1. The van der Waals surface area contributed by atoms with Crippen LogP contribution in [0, 0.1) is 17.6 Å². The Kier molecular flexibility index (Phi) is 5.32. The molecule has 122 valence electrons. The molecule has 0 radical (unpaired) electrons. The van der Waals surface area contributed by atoms with Gasteiger partial charge >= 0.3 is 0 Å². The van der Waals surface area contributed by atoms with Crippen LogP contribution in [0.5, 0.6) is 5.75 Å². The number of hydrogen-bond donors (Lipinski definition) is 0. The summed E-state index contributed by atoms with van der Waals surface area (Å²) in [6.07, 6.45) is 13.4. The molecule has 1 aliphatic heterocycles.